The van der Waals surface area contributed by atoms with Crippen LogP contribution in [0.4, 0.5) is 5.82 Å². The van der Waals surface area contributed by atoms with Crippen LogP contribution in [-0.2, 0) is 9.47 Å². The number of aromatic nitrogens is 1. The standard InChI is InChI=1S/C16H21BrN2O2/c1-10-8-19(9-11(2)21-10)15-5-4-14(17)16(18-15)13-6-7-20-12(13)3/h4-7,10-13H,8-9H2,1-3H3/t10-,11+,12?,13?. The molecule has 1 aromatic rings. The second-order valence-electron chi connectivity index (χ2n) is 5.89. The predicted octanol–water partition coefficient (Wildman–Crippen LogP) is 3.47. The first kappa shape index (κ1) is 14.9. The van der Waals surface area contributed by atoms with Crippen molar-refractivity contribution in [1.82, 2.24) is 4.98 Å². The smallest absolute Gasteiger partial charge is 0.129 e. The van der Waals surface area contributed by atoms with Crippen molar-refractivity contribution in [2.45, 2.75) is 45.0 Å². The fraction of sp³-hybridized carbons (Fsp3) is 0.562. The van der Waals surface area contributed by atoms with Crippen LogP contribution < -0.4 is 4.90 Å². The molecule has 1 saturated heterocycles. The number of hydrogen-bond acceptors (Lipinski definition) is 4. The molecule has 0 N–H and O–H groups in total. The van der Waals surface area contributed by atoms with Gasteiger partial charge < -0.3 is 14.4 Å². The van der Waals surface area contributed by atoms with Crippen LogP contribution in [-0.4, -0.2) is 36.4 Å². The third-order valence-corrected chi connectivity index (χ3v) is 4.67. The van der Waals surface area contributed by atoms with E-state index in [1.165, 1.54) is 0 Å². The fourth-order valence-corrected chi connectivity index (χ4v) is 3.52. The van der Waals surface area contributed by atoms with Crippen LogP contribution in [0.3, 0.4) is 0 Å². The van der Waals surface area contributed by atoms with Crippen LogP contribution in [0.1, 0.15) is 32.4 Å². The van der Waals surface area contributed by atoms with Gasteiger partial charge in [0, 0.05) is 17.6 Å². The van der Waals surface area contributed by atoms with E-state index >= 15 is 0 Å². The minimum atomic E-state index is 0.131. The van der Waals surface area contributed by atoms with E-state index in [-0.39, 0.29) is 24.2 Å². The third-order valence-electron chi connectivity index (χ3n) is 4.00. The Morgan fingerprint density at radius 3 is 2.52 bits per heavy atom. The molecule has 0 radical (unpaired) electrons. The van der Waals surface area contributed by atoms with Crippen molar-refractivity contribution in [1.29, 1.82) is 0 Å². The minimum Gasteiger partial charge on any atom is -0.498 e. The molecule has 1 aromatic heterocycles. The Balaban J connectivity index is 1.88. The number of rotatable bonds is 2. The molecular formula is C16H21BrN2O2. The van der Waals surface area contributed by atoms with Crippen molar-refractivity contribution >= 4 is 21.7 Å². The summed E-state index contributed by atoms with van der Waals surface area (Å²) in [6.07, 6.45) is 4.44. The summed E-state index contributed by atoms with van der Waals surface area (Å²) in [5.41, 5.74) is 1.04. The van der Waals surface area contributed by atoms with Gasteiger partial charge in [-0.3, -0.25) is 0 Å². The van der Waals surface area contributed by atoms with Crippen molar-refractivity contribution in [3.63, 3.8) is 0 Å². The fourth-order valence-electron chi connectivity index (χ4n) is 3.03. The number of halogens is 1. The van der Waals surface area contributed by atoms with Gasteiger partial charge in [0.2, 0.25) is 0 Å². The average molecular weight is 353 g/mol. The monoisotopic (exact) mass is 352 g/mol. The predicted molar refractivity (Wildman–Crippen MR) is 86.6 cm³/mol. The lowest BCUT2D eigenvalue weighted by atomic mass is 10.0. The van der Waals surface area contributed by atoms with Gasteiger partial charge in [0.15, 0.2) is 0 Å². The van der Waals surface area contributed by atoms with Gasteiger partial charge in [-0.2, -0.15) is 0 Å². The molecule has 3 heterocycles. The van der Waals surface area contributed by atoms with E-state index in [1.54, 1.807) is 6.26 Å². The van der Waals surface area contributed by atoms with Crippen LogP contribution in [0.5, 0.6) is 0 Å². The Bertz CT molecular complexity index is 539. The van der Waals surface area contributed by atoms with E-state index in [0.29, 0.717) is 0 Å². The molecule has 5 heteroatoms. The van der Waals surface area contributed by atoms with Crippen molar-refractivity contribution in [3.8, 4) is 0 Å². The molecule has 2 aliphatic heterocycles. The summed E-state index contributed by atoms with van der Waals surface area (Å²) in [5.74, 6) is 1.22. The number of ether oxygens (including phenoxy) is 2. The summed E-state index contributed by atoms with van der Waals surface area (Å²) in [4.78, 5) is 7.19. The van der Waals surface area contributed by atoms with Gasteiger partial charge in [0.1, 0.15) is 11.9 Å². The lowest BCUT2D eigenvalue weighted by Gasteiger charge is -2.36. The highest BCUT2D eigenvalue weighted by molar-refractivity contribution is 9.10. The van der Waals surface area contributed by atoms with Gasteiger partial charge >= 0.3 is 0 Å². The Kier molecular flexibility index (Phi) is 4.22. The van der Waals surface area contributed by atoms with Crippen molar-refractivity contribution in [2.75, 3.05) is 18.0 Å². The molecule has 4 nitrogen and oxygen atoms in total. The van der Waals surface area contributed by atoms with E-state index in [9.17, 15) is 0 Å². The van der Waals surface area contributed by atoms with Gasteiger partial charge in [-0.15, -0.1) is 0 Å². The topological polar surface area (TPSA) is 34.6 Å². The molecule has 0 amide bonds. The first-order chi connectivity index (χ1) is 10.0. The van der Waals surface area contributed by atoms with Crippen molar-refractivity contribution in [2.24, 2.45) is 0 Å². The summed E-state index contributed by atoms with van der Waals surface area (Å²) in [6, 6.07) is 4.16. The first-order valence-corrected chi connectivity index (χ1v) is 8.23. The molecule has 0 spiro atoms. The number of pyridine rings is 1. The molecule has 1 fully saturated rings. The van der Waals surface area contributed by atoms with E-state index in [4.69, 9.17) is 14.5 Å². The normalized spacial score (nSPS) is 32.3. The molecule has 2 unspecified atom stereocenters. The maximum atomic E-state index is 5.80. The Morgan fingerprint density at radius 2 is 1.90 bits per heavy atom. The van der Waals surface area contributed by atoms with Crippen LogP contribution in [0, 0.1) is 0 Å². The van der Waals surface area contributed by atoms with Crippen LogP contribution >= 0.6 is 15.9 Å². The number of hydrogen-bond donors (Lipinski definition) is 0. The molecule has 0 aromatic carbocycles. The van der Waals surface area contributed by atoms with Gasteiger partial charge in [-0.25, -0.2) is 4.98 Å². The molecule has 4 atom stereocenters. The SMILES string of the molecule is CC1OC=CC1c1nc(N2C[C@@H](C)O[C@@H](C)C2)ccc1Br. The van der Waals surface area contributed by atoms with Gasteiger partial charge in [0.05, 0.1) is 30.1 Å². The van der Waals surface area contributed by atoms with E-state index in [2.05, 4.69) is 59.8 Å². The maximum absolute atomic E-state index is 5.80. The van der Waals surface area contributed by atoms with Gasteiger partial charge in [0.25, 0.3) is 0 Å². The lowest BCUT2D eigenvalue weighted by Crippen LogP contribution is -2.45. The largest absolute Gasteiger partial charge is 0.498 e. The van der Waals surface area contributed by atoms with Crippen LogP contribution in [0.15, 0.2) is 28.9 Å². The number of nitrogens with zero attached hydrogens (tertiary/aromatic N) is 2. The molecule has 0 saturated carbocycles. The Labute approximate surface area is 134 Å². The first-order valence-electron chi connectivity index (χ1n) is 7.43. The highest BCUT2D eigenvalue weighted by atomic mass is 79.9. The zero-order valence-corrected chi connectivity index (χ0v) is 14.2. The summed E-state index contributed by atoms with van der Waals surface area (Å²) >= 11 is 3.62. The summed E-state index contributed by atoms with van der Waals surface area (Å²) in [6.45, 7) is 8.05. The highest BCUT2D eigenvalue weighted by Crippen LogP contribution is 2.33. The number of anilines is 1. The lowest BCUT2D eigenvalue weighted by molar-refractivity contribution is -0.00547. The molecule has 0 bridgehead atoms. The summed E-state index contributed by atoms with van der Waals surface area (Å²) in [5, 5.41) is 0. The summed E-state index contributed by atoms with van der Waals surface area (Å²) in [7, 11) is 0. The van der Waals surface area contributed by atoms with E-state index in [1.807, 2.05) is 0 Å². The molecule has 114 valence electrons. The Morgan fingerprint density at radius 1 is 1.19 bits per heavy atom. The van der Waals surface area contributed by atoms with Crippen molar-refractivity contribution in [3.05, 3.63) is 34.6 Å². The van der Waals surface area contributed by atoms with Gasteiger partial charge in [-0.1, -0.05) is 0 Å². The quantitative estimate of drug-likeness (QED) is 0.816. The molecule has 0 aliphatic carbocycles. The number of morpholine rings is 1. The van der Waals surface area contributed by atoms with Crippen LogP contribution in [0.25, 0.3) is 0 Å². The second-order valence-corrected chi connectivity index (χ2v) is 6.75. The highest BCUT2D eigenvalue weighted by Gasteiger charge is 2.28. The maximum Gasteiger partial charge on any atom is 0.129 e. The van der Waals surface area contributed by atoms with E-state index in [0.717, 1.165) is 29.1 Å². The minimum absolute atomic E-state index is 0.131. The van der Waals surface area contributed by atoms with Gasteiger partial charge in [-0.05, 0) is 54.9 Å². The summed E-state index contributed by atoms with van der Waals surface area (Å²) < 4.78 is 12.4. The molecule has 2 aliphatic rings. The van der Waals surface area contributed by atoms with Crippen LogP contribution in [0.2, 0.25) is 0 Å². The van der Waals surface area contributed by atoms with E-state index < -0.39 is 0 Å². The molecular weight excluding hydrogens is 332 g/mol. The Hall–Kier alpha value is -1.07. The second kappa shape index (κ2) is 5.97. The zero-order valence-electron chi connectivity index (χ0n) is 12.6. The van der Waals surface area contributed by atoms with Crippen molar-refractivity contribution < 1.29 is 9.47 Å². The molecule has 3 rings (SSSR count). The average Bonchev–Trinajstić information content (AvgIpc) is 2.84. The third kappa shape index (κ3) is 3.09. The zero-order chi connectivity index (χ0) is 15.0. The molecule has 21 heavy (non-hydrogen) atoms.